The third-order valence-electron chi connectivity index (χ3n) is 5.09. The summed E-state index contributed by atoms with van der Waals surface area (Å²) in [6.07, 6.45) is -0.286. The number of hydrogen-bond acceptors (Lipinski definition) is 6. The number of carbonyl (C=O) groups is 1. The number of nitrogens with zero attached hydrogens (tertiary/aromatic N) is 4. The lowest BCUT2D eigenvalue weighted by atomic mass is 10.1. The Bertz CT molecular complexity index is 948. The molecule has 0 bridgehead atoms. The Balaban J connectivity index is 2.02. The molecule has 2 saturated heterocycles. The predicted molar refractivity (Wildman–Crippen MR) is 114 cm³/mol. The maximum atomic E-state index is 12.2. The maximum Gasteiger partial charge on any atom is 0.262 e. The molecule has 2 heterocycles. The number of aryl methyl sites for hydroxylation is 1. The van der Waals surface area contributed by atoms with E-state index in [1.54, 1.807) is 0 Å². The Morgan fingerprint density at radius 3 is 2.68 bits per heavy atom. The number of anilines is 2. The molecule has 2 fully saturated rings. The number of aliphatic imine (C=N–C) groups is 1. The molecule has 28 heavy (non-hydrogen) atoms. The van der Waals surface area contributed by atoms with Crippen molar-refractivity contribution >= 4 is 44.0 Å². The summed E-state index contributed by atoms with van der Waals surface area (Å²) in [6, 6.07) is 7.64. The molecule has 2 unspecified atom stereocenters. The normalized spacial score (nSPS) is 24.2. The van der Waals surface area contributed by atoms with E-state index in [1.165, 1.54) is 11.8 Å². The van der Waals surface area contributed by atoms with E-state index in [1.807, 2.05) is 30.0 Å². The largest absolute Gasteiger partial charge is 0.372 e. The van der Waals surface area contributed by atoms with Crippen molar-refractivity contribution < 1.29 is 13.2 Å². The summed E-state index contributed by atoms with van der Waals surface area (Å²) in [5.74, 6) is -0.371. The predicted octanol–water partition coefficient (Wildman–Crippen LogP) is 2.36. The van der Waals surface area contributed by atoms with Crippen LogP contribution in [0.5, 0.6) is 0 Å². The second kappa shape index (κ2) is 8.13. The van der Waals surface area contributed by atoms with Gasteiger partial charge in [0, 0.05) is 29.7 Å². The third kappa shape index (κ3) is 4.03. The van der Waals surface area contributed by atoms with Crippen LogP contribution in [-0.2, 0) is 14.6 Å². The zero-order valence-corrected chi connectivity index (χ0v) is 17.9. The number of rotatable bonds is 5. The molecular weight excluding hydrogens is 396 g/mol. The van der Waals surface area contributed by atoms with Crippen LogP contribution in [-0.4, -0.2) is 55.4 Å². The van der Waals surface area contributed by atoms with Crippen LogP contribution in [0.15, 0.2) is 23.2 Å². The summed E-state index contributed by atoms with van der Waals surface area (Å²) in [4.78, 5) is 20.2. The number of thioether (sulfide) groups is 1. The molecular formula is C19H24N4O3S2. The molecule has 9 heteroatoms. The molecule has 2 aliphatic rings. The number of sulfone groups is 1. The number of amidine groups is 1. The van der Waals surface area contributed by atoms with Crippen molar-refractivity contribution in [3.63, 3.8) is 0 Å². The molecule has 0 radical (unpaired) electrons. The Morgan fingerprint density at radius 1 is 1.36 bits per heavy atom. The van der Waals surface area contributed by atoms with Crippen LogP contribution in [0, 0.1) is 18.3 Å². The number of benzene rings is 1. The standard InChI is InChI=1S/C19H24N4O3S2/c1-4-22(5-2)14-6-7-15(13(3)10-14)23-16-11-28(25,26)12-17(16)27-19(23)21-18(24)8-9-20/h6-7,10,16-17H,4-5,8,11-12H2,1-3H3. The van der Waals surface area contributed by atoms with Gasteiger partial charge in [0.05, 0.1) is 23.6 Å². The van der Waals surface area contributed by atoms with Gasteiger partial charge in [0.1, 0.15) is 6.42 Å². The first-order valence-corrected chi connectivity index (χ1v) is 12.0. The van der Waals surface area contributed by atoms with Gasteiger partial charge in [-0.25, -0.2) is 8.42 Å². The molecule has 0 saturated carbocycles. The zero-order valence-electron chi connectivity index (χ0n) is 16.3. The van der Waals surface area contributed by atoms with E-state index >= 15 is 0 Å². The molecule has 2 atom stereocenters. The molecule has 0 aliphatic carbocycles. The van der Waals surface area contributed by atoms with Crippen LogP contribution in [0.2, 0.25) is 0 Å². The monoisotopic (exact) mass is 420 g/mol. The summed E-state index contributed by atoms with van der Waals surface area (Å²) >= 11 is 1.32. The highest BCUT2D eigenvalue weighted by molar-refractivity contribution is 8.16. The first-order chi connectivity index (χ1) is 13.3. The Labute approximate surface area is 170 Å². The maximum absolute atomic E-state index is 12.2. The van der Waals surface area contributed by atoms with Crippen molar-refractivity contribution in [1.82, 2.24) is 0 Å². The average Bonchev–Trinajstić information content (AvgIpc) is 3.08. The zero-order chi connectivity index (χ0) is 20.5. The van der Waals surface area contributed by atoms with Crippen molar-refractivity contribution in [3.05, 3.63) is 23.8 Å². The van der Waals surface area contributed by atoms with E-state index < -0.39 is 15.7 Å². The van der Waals surface area contributed by atoms with Gasteiger partial charge in [0.25, 0.3) is 5.91 Å². The highest BCUT2D eigenvalue weighted by Gasteiger charge is 2.49. The average molecular weight is 421 g/mol. The van der Waals surface area contributed by atoms with Gasteiger partial charge in [-0.2, -0.15) is 10.3 Å². The molecule has 0 aromatic heterocycles. The summed E-state index contributed by atoms with van der Waals surface area (Å²) in [5.41, 5.74) is 2.96. The Hall–Kier alpha value is -2.05. The molecule has 1 amide bonds. The minimum absolute atomic E-state index is 0.0490. The summed E-state index contributed by atoms with van der Waals surface area (Å²) in [6.45, 7) is 7.98. The minimum atomic E-state index is -3.11. The van der Waals surface area contributed by atoms with Crippen molar-refractivity contribution in [1.29, 1.82) is 5.26 Å². The van der Waals surface area contributed by atoms with Crippen LogP contribution in [0.1, 0.15) is 25.8 Å². The second-order valence-corrected chi connectivity index (χ2v) is 10.3. The Kier molecular flexibility index (Phi) is 6.01. The van der Waals surface area contributed by atoms with Gasteiger partial charge in [0.15, 0.2) is 15.0 Å². The lowest BCUT2D eigenvalue weighted by molar-refractivity contribution is -0.116. The fourth-order valence-corrected chi connectivity index (χ4v) is 7.68. The van der Waals surface area contributed by atoms with Gasteiger partial charge in [0.2, 0.25) is 0 Å². The number of hydrogen-bond donors (Lipinski definition) is 0. The third-order valence-corrected chi connectivity index (χ3v) is 8.30. The fourth-order valence-electron chi connectivity index (χ4n) is 3.76. The van der Waals surface area contributed by atoms with E-state index in [0.29, 0.717) is 5.17 Å². The molecule has 0 N–H and O–H groups in total. The topological polar surface area (TPSA) is 93.8 Å². The van der Waals surface area contributed by atoms with Gasteiger partial charge in [-0.15, -0.1) is 0 Å². The van der Waals surface area contributed by atoms with Crippen molar-refractivity contribution in [2.75, 3.05) is 34.4 Å². The summed E-state index contributed by atoms with van der Waals surface area (Å²) < 4.78 is 24.3. The van der Waals surface area contributed by atoms with E-state index in [-0.39, 0.29) is 29.2 Å². The van der Waals surface area contributed by atoms with Gasteiger partial charge in [-0.1, -0.05) is 11.8 Å². The van der Waals surface area contributed by atoms with Gasteiger partial charge >= 0.3 is 0 Å². The van der Waals surface area contributed by atoms with Crippen LogP contribution >= 0.6 is 11.8 Å². The van der Waals surface area contributed by atoms with E-state index in [2.05, 4.69) is 29.8 Å². The second-order valence-electron chi connectivity index (χ2n) is 6.94. The van der Waals surface area contributed by atoms with Crippen LogP contribution < -0.4 is 9.80 Å². The van der Waals surface area contributed by atoms with Gasteiger partial charge < -0.3 is 9.80 Å². The molecule has 7 nitrogen and oxygen atoms in total. The lowest BCUT2D eigenvalue weighted by Gasteiger charge is -2.28. The molecule has 150 valence electrons. The smallest absolute Gasteiger partial charge is 0.262 e. The lowest BCUT2D eigenvalue weighted by Crippen LogP contribution is -2.38. The van der Waals surface area contributed by atoms with Gasteiger partial charge in [-0.05, 0) is 44.5 Å². The van der Waals surface area contributed by atoms with Gasteiger partial charge in [-0.3, -0.25) is 4.79 Å². The molecule has 1 aromatic carbocycles. The molecule has 3 rings (SSSR count). The SMILES string of the molecule is CCN(CC)c1ccc(N2C(=NC(=O)CC#N)SC3CS(=O)(=O)CC32)c(C)c1. The number of amides is 1. The van der Waals surface area contributed by atoms with Crippen molar-refractivity contribution in [3.8, 4) is 6.07 Å². The highest BCUT2D eigenvalue weighted by atomic mass is 32.2. The van der Waals surface area contributed by atoms with E-state index in [9.17, 15) is 13.2 Å². The van der Waals surface area contributed by atoms with E-state index in [4.69, 9.17) is 5.26 Å². The highest BCUT2D eigenvalue weighted by Crippen LogP contribution is 2.42. The van der Waals surface area contributed by atoms with Crippen LogP contribution in [0.25, 0.3) is 0 Å². The minimum Gasteiger partial charge on any atom is -0.372 e. The summed E-state index contributed by atoms with van der Waals surface area (Å²) in [5, 5.41) is 9.09. The first kappa shape index (κ1) is 20.7. The number of carbonyl (C=O) groups excluding carboxylic acids is 1. The fraction of sp³-hybridized carbons (Fsp3) is 0.526. The quantitative estimate of drug-likeness (QED) is 0.722. The number of nitriles is 1. The summed E-state index contributed by atoms with van der Waals surface area (Å²) in [7, 11) is -3.11. The van der Waals surface area contributed by atoms with E-state index in [0.717, 1.165) is 30.0 Å². The molecule has 1 aromatic rings. The van der Waals surface area contributed by atoms with Crippen LogP contribution in [0.3, 0.4) is 0 Å². The van der Waals surface area contributed by atoms with Crippen molar-refractivity contribution in [2.45, 2.75) is 38.5 Å². The molecule has 2 aliphatic heterocycles. The number of fused-ring (bicyclic) bond motifs is 1. The molecule has 0 spiro atoms. The van der Waals surface area contributed by atoms with Crippen molar-refractivity contribution in [2.24, 2.45) is 4.99 Å². The Morgan fingerprint density at radius 2 is 2.07 bits per heavy atom. The van der Waals surface area contributed by atoms with Crippen LogP contribution in [0.4, 0.5) is 11.4 Å². The first-order valence-electron chi connectivity index (χ1n) is 9.30.